The van der Waals surface area contributed by atoms with Gasteiger partial charge in [0.1, 0.15) is 5.82 Å². The summed E-state index contributed by atoms with van der Waals surface area (Å²) in [7, 11) is 0. The normalized spacial score (nSPS) is 9.73. The minimum Gasteiger partial charge on any atom is -0.298 e. The van der Waals surface area contributed by atoms with E-state index in [0.29, 0.717) is 6.29 Å². The lowest BCUT2D eigenvalue weighted by molar-refractivity contribution is 0.111. The van der Waals surface area contributed by atoms with Gasteiger partial charge in [-0.05, 0) is 37.1 Å². The highest BCUT2D eigenvalue weighted by molar-refractivity contribution is 5.75. The molecule has 1 nitrogen and oxygen atoms in total. The Morgan fingerprint density at radius 3 is 2.36 bits per heavy atom. The molecule has 58 valence electrons. The summed E-state index contributed by atoms with van der Waals surface area (Å²) in [6.07, 6.45) is 0.530. The van der Waals surface area contributed by atoms with Crippen molar-refractivity contribution in [1.29, 1.82) is 0 Å². The van der Waals surface area contributed by atoms with Crippen LogP contribution in [0.3, 0.4) is 0 Å². The van der Waals surface area contributed by atoms with Gasteiger partial charge in [0, 0.05) is 0 Å². The molecule has 11 heavy (non-hydrogen) atoms. The molecule has 0 aromatic heterocycles. The van der Waals surface area contributed by atoms with Crippen molar-refractivity contribution < 1.29 is 9.18 Å². The number of halogens is 1. The lowest BCUT2D eigenvalue weighted by atomic mass is 10.1. The Labute approximate surface area is 64.9 Å². The Bertz CT molecular complexity index is 292. The number of aldehydes is 1. The molecule has 0 saturated carbocycles. The maximum atomic E-state index is 12.8. The molecule has 0 aliphatic carbocycles. The molecule has 0 radical (unpaired) electrons. The first kappa shape index (κ1) is 7.92. The molecule has 0 spiro atoms. The summed E-state index contributed by atoms with van der Waals surface area (Å²) in [5, 5.41) is 0. The fourth-order valence-electron chi connectivity index (χ4n) is 0.894. The van der Waals surface area contributed by atoms with Gasteiger partial charge in [0.2, 0.25) is 0 Å². The molecule has 1 aromatic rings. The molecule has 0 aliphatic heterocycles. The van der Waals surface area contributed by atoms with E-state index in [4.69, 9.17) is 0 Å². The van der Waals surface area contributed by atoms with Gasteiger partial charge in [0.05, 0.1) is 5.56 Å². The van der Waals surface area contributed by atoms with E-state index in [-0.39, 0.29) is 5.56 Å². The van der Waals surface area contributed by atoms with Gasteiger partial charge in [-0.1, -0.05) is 0 Å². The zero-order valence-corrected chi connectivity index (χ0v) is 6.52. The number of hydrogen-bond donors (Lipinski definition) is 0. The molecule has 0 amide bonds. The highest BCUT2D eigenvalue weighted by Gasteiger charge is 2.02. The fraction of sp³-hybridized carbons (Fsp3) is 0.222. The summed E-state index contributed by atoms with van der Waals surface area (Å²) in [4.78, 5) is 10.3. The van der Waals surface area contributed by atoms with Crippen LogP contribution in [0.25, 0.3) is 0 Å². The first-order valence-corrected chi connectivity index (χ1v) is 3.37. The Balaban J connectivity index is 3.31. The van der Waals surface area contributed by atoms with Crippen molar-refractivity contribution in [2.24, 2.45) is 0 Å². The van der Waals surface area contributed by atoms with Crippen LogP contribution < -0.4 is 0 Å². The lowest BCUT2D eigenvalue weighted by Gasteiger charge is -2.00. The van der Waals surface area contributed by atoms with Gasteiger partial charge in [-0.25, -0.2) is 4.39 Å². The molecular formula is C9H9FO. The molecule has 0 saturated heterocycles. The quantitative estimate of drug-likeness (QED) is 0.564. The lowest BCUT2D eigenvalue weighted by Crippen LogP contribution is -1.91. The zero-order chi connectivity index (χ0) is 8.43. The molecular weight excluding hydrogens is 143 g/mol. The van der Waals surface area contributed by atoms with Gasteiger partial charge < -0.3 is 0 Å². The first-order valence-electron chi connectivity index (χ1n) is 3.37. The number of aryl methyl sites for hydroxylation is 2. The minimum absolute atomic E-state index is 0.133. The van der Waals surface area contributed by atoms with Gasteiger partial charge >= 0.3 is 0 Å². The predicted octanol–water partition coefficient (Wildman–Crippen LogP) is 2.26. The smallest absolute Gasteiger partial charge is 0.153 e. The molecule has 0 heterocycles. The second-order valence-electron chi connectivity index (χ2n) is 2.58. The third-order valence-electron chi connectivity index (χ3n) is 1.74. The molecule has 0 aliphatic rings. The van der Waals surface area contributed by atoms with Crippen LogP contribution in [0.2, 0.25) is 0 Å². The summed E-state index contributed by atoms with van der Waals surface area (Å²) < 4.78 is 12.8. The second-order valence-corrected chi connectivity index (χ2v) is 2.58. The van der Waals surface area contributed by atoms with Crippen molar-refractivity contribution in [1.82, 2.24) is 0 Å². The minimum atomic E-state index is -0.442. The number of carbonyl (C=O) groups is 1. The first-order chi connectivity index (χ1) is 5.15. The molecule has 0 atom stereocenters. The van der Waals surface area contributed by atoms with E-state index in [0.717, 1.165) is 11.1 Å². The molecule has 2 heteroatoms. The Morgan fingerprint density at radius 1 is 1.27 bits per heavy atom. The zero-order valence-electron chi connectivity index (χ0n) is 6.52. The van der Waals surface area contributed by atoms with Crippen molar-refractivity contribution in [3.05, 3.63) is 34.6 Å². The SMILES string of the molecule is Cc1cc(F)c(C=O)cc1C. The van der Waals surface area contributed by atoms with Gasteiger partial charge in [-0.2, -0.15) is 0 Å². The molecule has 1 aromatic carbocycles. The highest BCUT2D eigenvalue weighted by atomic mass is 19.1. The van der Waals surface area contributed by atoms with E-state index < -0.39 is 5.82 Å². The average Bonchev–Trinajstić information content (AvgIpc) is 1.97. The summed E-state index contributed by atoms with van der Waals surface area (Å²) >= 11 is 0. The fourth-order valence-corrected chi connectivity index (χ4v) is 0.894. The molecule has 0 bridgehead atoms. The molecule has 1 rings (SSSR count). The van der Waals surface area contributed by atoms with Crippen molar-refractivity contribution in [3.8, 4) is 0 Å². The van der Waals surface area contributed by atoms with E-state index >= 15 is 0 Å². The van der Waals surface area contributed by atoms with Crippen LogP contribution in [-0.2, 0) is 0 Å². The monoisotopic (exact) mass is 152 g/mol. The summed E-state index contributed by atoms with van der Waals surface area (Å²) in [5.41, 5.74) is 1.94. The third kappa shape index (κ3) is 1.45. The average molecular weight is 152 g/mol. The van der Waals surface area contributed by atoms with Crippen LogP contribution in [0, 0.1) is 19.7 Å². The van der Waals surface area contributed by atoms with Crippen LogP contribution in [0.1, 0.15) is 21.5 Å². The largest absolute Gasteiger partial charge is 0.298 e. The molecule has 0 fully saturated rings. The molecule has 0 N–H and O–H groups in total. The van der Waals surface area contributed by atoms with Crippen molar-refractivity contribution in [3.63, 3.8) is 0 Å². The predicted molar refractivity (Wildman–Crippen MR) is 41.3 cm³/mol. The van der Waals surface area contributed by atoms with Crippen LogP contribution >= 0.6 is 0 Å². The number of carbonyl (C=O) groups excluding carboxylic acids is 1. The van der Waals surface area contributed by atoms with Crippen LogP contribution in [-0.4, -0.2) is 6.29 Å². The Hall–Kier alpha value is -1.18. The Morgan fingerprint density at radius 2 is 1.82 bits per heavy atom. The summed E-state index contributed by atoms with van der Waals surface area (Å²) in [5.74, 6) is -0.442. The van der Waals surface area contributed by atoms with E-state index in [1.807, 2.05) is 13.8 Å². The third-order valence-corrected chi connectivity index (χ3v) is 1.74. The summed E-state index contributed by atoms with van der Waals surface area (Å²) in [6, 6.07) is 2.93. The maximum absolute atomic E-state index is 12.8. The standard InChI is InChI=1S/C9H9FO/c1-6-3-8(5-11)9(10)4-7(6)2/h3-5H,1-2H3. The van der Waals surface area contributed by atoms with Gasteiger partial charge in [0.25, 0.3) is 0 Å². The van der Waals surface area contributed by atoms with E-state index in [9.17, 15) is 9.18 Å². The van der Waals surface area contributed by atoms with Gasteiger partial charge in [0.15, 0.2) is 6.29 Å². The van der Waals surface area contributed by atoms with Crippen LogP contribution in [0.15, 0.2) is 12.1 Å². The topological polar surface area (TPSA) is 17.1 Å². The van der Waals surface area contributed by atoms with Gasteiger partial charge in [-0.3, -0.25) is 4.79 Å². The summed E-state index contributed by atoms with van der Waals surface area (Å²) in [6.45, 7) is 3.66. The van der Waals surface area contributed by atoms with E-state index in [2.05, 4.69) is 0 Å². The molecule has 0 unspecified atom stereocenters. The van der Waals surface area contributed by atoms with Crippen molar-refractivity contribution in [2.45, 2.75) is 13.8 Å². The van der Waals surface area contributed by atoms with E-state index in [1.54, 1.807) is 6.07 Å². The number of rotatable bonds is 1. The van der Waals surface area contributed by atoms with Gasteiger partial charge in [-0.15, -0.1) is 0 Å². The van der Waals surface area contributed by atoms with Crippen molar-refractivity contribution in [2.75, 3.05) is 0 Å². The maximum Gasteiger partial charge on any atom is 0.153 e. The van der Waals surface area contributed by atoms with Crippen molar-refractivity contribution >= 4 is 6.29 Å². The highest BCUT2D eigenvalue weighted by Crippen LogP contribution is 2.12. The van der Waals surface area contributed by atoms with Crippen LogP contribution in [0.4, 0.5) is 4.39 Å². The van der Waals surface area contributed by atoms with E-state index in [1.165, 1.54) is 6.07 Å². The number of hydrogen-bond acceptors (Lipinski definition) is 1. The van der Waals surface area contributed by atoms with Crippen LogP contribution in [0.5, 0.6) is 0 Å². The number of benzene rings is 1. The second kappa shape index (κ2) is 2.82. The Kier molecular flexibility index (Phi) is 2.03.